The Morgan fingerprint density at radius 2 is 1.96 bits per heavy atom. The summed E-state index contributed by atoms with van der Waals surface area (Å²) in [5, 5.41) is 16.0. The summed E-state index contributed by atoms with van der Waals surface area (Å²) < 4.78 is 14.7. The van der Waals surface area contributed by atoms with Gasteiger partial charge in [-0.2, -0.15) is 0 Å². The van der Waals surface area contributed by atoms with Crippen molar-refractivity contribution >= 4 is 21.9 Å². The van der Waals surface area contributed by atoms with Crippen LogP contribution in [-0.4, -0.2) is 30.8 Å². The minimum atomic E-state index is -0.277. The number of aliphatic imine (C=N–C) groups is 1. The predicted molar refractivity (Wildman–Crippen MR) is 103 cm³/mol. The summed E-state index contributed by atoms with van der Waals surface area (Å²) in [5.41, 5.74) is 1.58. The van der Waals surface area contributed by atoms with Gasteiger partial charge in [-0.3, -0.25) is 0 Å². The average Bonchev–Trinajstić information content (AvgIpc) is 2.63. The quantitative estimate of drug-likeness (QED) is 0.486. The lowest BCUT2D eigenvalue weighted by Gasteiger charge is -2.18. The van der Waals surface area contributed by atoms with Crippen molar-refractivity contribution in [2.75, 3.05) is 19.7 Å². The molecular formula is C19H23BrFN3O. The van der Waals surface area contributed by atoms with Gasteiger partial charge in [-0.25, -0.2) is 9.38 Å². The van der Waals surface area contributed by atoms with Crippen molar-refractivity contribution in [3.63, 3.8) is 0 Å². The van der Waals surface area contributed by atoms with Gasteiger partial charge in [-0.15, -0.1) is 0 Å². The molecule has 1 atom stereocenters. The second-order valence-corrected chi connectivity index (χ2v) is 6.52. The maximum absolute atomic E-state index is 13.8. The number of nitrogens with zero attached hydrogens (tertiary/aromatic N) is 1. The number of nitrogens with one attached hydrogen (secondary N) is 2. The van der Waals surface area contributed by atoms with Crippen LogP contribution in [0.1, 0.15) is 24.0 Å². The molecule has 0 aromatic heterocycles. The van der Waals surface area contributed by atoms with E-state index in [1.165, 1.54) is 6.07 Å². The number of halogens is 2. The zero-order chi connectivity index (χ0) is 18.1. The lowest BCUT2D eigenvalue weighted by atomic mass is 10.0. The van der Waals surface area contributed by atoms with Crippen LogP contribution < -0.4 is 10.6 Å². The van der Waals surface area contributed by atoms with E-state index in [4.69, 9.17) is 0 Å². The first-order chi connectivity index (χ1) is 12.1. The second kappa shape index (κ2) is 10.2. The molecule has 134 valence electrons. The predicted octanol–water partition coefficient (Wildman–Crippen LogP) is 3.42. The summed E-state index contributed by atoms with van der Waals surface area (Å²) in [5.74, 6) is 0.282. The van der Waals surface area contributed by atoms with Gasteiger partial charge in [0.05, 0.1) is 13.2 Å². The average molecular weight is 408 g/mol. The van der Waals surface area contributed by atoms with Crippen LogP contribution in [0.4, 0.5) is 4.39 Å². The molecule has 0 aliphatic carbocycles. The first kappa shape index (κ1) is 19.4. The number of hydrogen-bond acceptors (Lipinski definition) is 2. The Hall–Kier alpha value is -1.92. The van der Waals surface area contributed by atoms with Gasteiger partial charge in [0, 0.05) is 29.0 Å². The molecule has 0 amide bonds. The Balaban J connectivity index is 2.03. The number of rotatable bonds is 7. The number of benzene rings is 2. The highest BCUT2D eigenvalue weighted by atomic mass is 79.9. The van der Waals surface area contributed by atoms with E-state index in [9.17, 15) is 9.50 Å². The second-order valence-electron chi connectivity index (χ2n) is 5.60. The van der Waals surface area contributed by atoms with E-state index in [1.54, 1.807) is 12.1 Å². The first-order valence-electron chi connectivity index (χ1n) is 8.26. The fourth-order valence-electron chi connectivity index (χ4n) is 2.40. The normalized spacial score (nSPS) is 12.7. The van der Waals surface area contributed by atoms with Crippen LogP contribution >= 0.6 is 15.9 Å². The monoisotopic (exact) mass is 407 g/mol. The fraction of sp³-hybridized carbons (Fsp3) is 0.316. The van der Waals surface area contributed by atoms with Crippen molar-refractivity contribution < 1.29 is 9.50 Å². The van der Waals surface area contributed by atoms with E-state index in [0.29, 0.717) is 24.6 Å². The van der Waals surface area contributed by atoms with Crippen LogP contribution in [0, 0.1) is 5.82 Å². The summed E-state index contributed by atoms with van der Waals surface area (Å²) in [6, 6.07) is 14.6. The summed E-state index contributed by atoms with van der Waals surface area (Å²) >= 11 is 3.34. The minimum Gasteiger partial charge on any atom is -0.396 e. The van der Waals surface area contributed by atoms with Crippen molar-refractivity contribution in [3.05, 3.63) is 69.9 Å². The summed E-state index contributed by atoms with van der Waals surface area (Å²) in [7, 11) is 0. The first-order valence-corrected chi connectivity index (χ1v) is 9.05. The van der Waals surface area contributed by atoms with Crippen molar-refractivity contribution in [2.45, 2.75) is 19.4 Å². The van der Waals surface area contributed by atoms with Crippen LogP contribution in [0.2, 0.25) is 0 Å². The van der Waals surface area contributed by atoms with E-state index in [2.05, 4.69) is 31.6 Å². The topological polar surface area (TPSA) is 56.7 Å². The molecule has 0 radical (unpaired) electrons. The molecule has 0 bridgehead atoms. The van der Waals surface area contributed by atoms with Crippen molar-refractivity contribution in [2.24, 2.45) is 4.99 Å². The van der Waals surface area contributed by atoms with Crippen molar-refractivity contribution in [3.8, 4) is 0 Å². The Morgan fingerprint density at radius 1 is 1.20 bits per heavy atom. The highest BCUT2D eigenvalue weighted by Gasteiger charge is 2.11. The Bertz CT molecular complexity index is 694. The van der Waals surface area contributed by atoms with Gasteiger partial charge in [0.2, 0.25) is 0 Å². The summed E-state index contributed by atoms with van der Waals surface area (Å²) in [6.45, 7) is 3.47. The third-order valence-electron chi connectivity index (χ3n) is 3.77. The van der Waals surface area contributed by atoms with E-state index in [-0.39, 0.29) is 24.9 Å². The van der Waals surface area contributed by atoms with Crippen molar-refractivity contribution in [1.29, 1.82) is 0 Å². The molecule has 6 heteroatoms. The Morgan fingerprint density at radius 3 is 2.64 bits per heavy atom. The van der Waals surface area contributed by atoms with Gasteiger partial charge in [0.1, 0.15) is 5.82 Å². The van der Waals surface area contributed by atoms with E-state index < -0.39 is 0 Å². The molecular weight excluding hydrogens is 385 g/mol. The Kier molecular flexibility index (Phi) is 7.88. The highest BCUT2D eigenvalue weighted by Crippen LogP contribution is 2.16. The third kappa shape index (κ3) is 6.14. The molecule has 2 aromatic rings. The van der Waals surface area contributed by atoms with Crippen LogP contribution in [0.3, 0.4) is 0 Å². The van der Waals surface area contributed by atoms with Gasteiger partial charge in [0.15, 0.2) is 5.96 Å². The van der Waals surface area contributed by atoms with Gasteiger partial charge in [-0.05, 0) is 30.7 Å². The lowest BCUT2D eigenvalue weighted by Crippen LogP contribution is -2.40. The van der Waals surface area contributed by atoms with E-state index >= 15 is 0 Å². The Labute approximate surface area is 156 Å². The molecule has 25 heavy (non-hydrogen) atoms. The zero-order valence-corrected chi connectivity index (χ0v) is 15.8. The number of aliphatic hydroxyl groups is 1. The standard InChI is InChI=1S/C19H23BrFN3O/c1-2-22-19(23-11-15-10-17(20)8-9-18(15)21)24-12-16(13-25)14-6-4-3-5-7-14/h3-10,16,25H,2,11-13H2,1H3,(H2,22,23,24). The molecule has 3 N–H and O–H groups in total. The number of aliphatic hydroxyl groups excluding tert-OH is 1. The zero-order valence-electron chi connectivity index (χ0n) is 14.2. The molecule has 1 unspecified atom stereocenters. The van der Waals surface area contributed by atoms with Crippen molar-refractivity contribution in [1.82, 2.24) is 10.6 Å². The molecule has 2 aromatic carbocycles. The molecule has 2 rings (SSSR count). The third-order valence-corrected chi connectivity index (χ3v) is 4.26. The lowest BCUT2D eigenvalue weighted by molar-refractivity contribution is 0.265. The van der Waals surface area contributed by atoms with Gasteiger partial charge >= 0.3 is 0 Å². The maximum Gasteiger partial charge on any atom is 0.191 e. The molecule has 0 saturated heterocycles. The van der Waals surface area contributed by atoms with E-state index in [0.717, 1.165) is 10.0 Å². The number of hydrogen-bond donors (Lipinski definition) is 3. The van der Waals surface area contributed by atoms with Gasteiger partial charge in [0.25, 0.3) is 0 Å². The van der Waals surface area contributed by atoms with E-state index in [1.807, 2.05) is 37.3 Å². The maximum atomic E-state index is 13.8. The molecule has 0 aliphatic heterocycles. The number of guanidine groups is 1. The molecule has 0 saturated carbocycles. The largest absolute Gasteiger partial charge is 0.396 e. The van der Waals surface area contributed by atoms with Crippen LogP contribution in [0.25, 0.3) is 0 Å². The molecule has 0 aliphatic rings. The van der Waals surface area contributed by atoms with Gasteiger partial charge in [-0.1, -0.05) is 46.3 Å². The van der Waals surface area contributed by atoms with Gasteiger partial charge < -0.3 is 15.7 Å². The summed E-state index contributed by atoms with van der Waals surface area (Å²) in [6.07, 6.45) is 0. The SMILES string of the molecule is CCNC(=NCc1cc(Br)ccc1F)NCC(CO)c1ccccc1. The molecule has 4 nitrogen and oxygen atoms in total. The summed E-state index contributed by atoms with van der Waals surface area (Å²) in [4.78, 5) is 4.44. The molecule has 0 heterocycles. The fourth-order valence-corrected chi connectivity index (χ4v) is 2.81. The highest BCUT2D eigenvalue weighted by molar-refractivity contribution is 9.10. The molecule has 0 spiro atoms. The minimum absolute atomic E-state index is 0.0346. The molecule has 0 fully saturated rings. The van der Waals surface area contributed by atoms with Crippen LogP contribution in [0.15, 0.2) is 58.0 Å². The van der Waals surface area contributed by atoms with Crippen LogP contribution in [0.5, 0.6) is 0 Å². The van der Waals surface area contributed by atoms with Crippen LogP contribution in [-0.2, 0) is 6.54 Å². The smallest absolute Gasteiger partial charge is 0.191 e.